The van der Waals surface area contributed by atoms with Crippen molar-refractivity contribution in [2.45, 2.75) is 0 Å². The van der Waals surface area contributed by atoms with E-state index in [2.05, 4.69) is 5.10 Å². The van der Waals surface area contributed by atoms with Crippen LogP contribution in [0.5, 0.6) is 0 Å². The number of nitrogens with zero attached hydrogens (tertiary/aromatic N) is 2. The smallest absolute Gasteiger partial charge is 0.130 e. The molecule has 0 saturated carbocycles. The van der Waals surface area contributed by atoms with Crippen molar-refractivity contribution in [3.05, 3.63) is 66.2 Å². The van der Waals surface area contributed by atoms with Gasteiger partial charge in [-0.05, 0) is 17.7 Å². The van der Waals surface area contributed by atoms with Gasteiger partial charge in [-0.15, -0.1) is 0 Å². The first kappa shape index (κ1) is 11.7. The molecule has 2 aromatic carbocycles. The molecule has 2 aromatic rings. The van der Waals surface area contributed by atoms with Gasteiger partial charge in [-0.3, -0.25) is 5.01 Å². The molecule has 1 aliphatic rings. The van der Waals surface area contributed by atoms with Crippen LogP contribution in [0.25, 0.3) is 0 Å². The summed E-state index contributed by atoms with van der Waals surface area (Å²) in [6, 6.07) is 19.8. The first-order valence-electron chi connectivity index (χ1n) is 6.30. The molecule has 1 aliphatic heterocycles. The Morgan fingerprint density at radius 2 is 1.63 bits per heavy atom. The standard InChI is InChI=1S/C16H14N2O/c19-12-14-11-18(15-9-5-2-6-10-15)17-16(14)13-7-3-1-4-8-13/h1-10,12,14H,11H2. The van der Waals surface area contributed by atoms with Crippen LogP contribution >= 0.6 is 0 Å². The monoisotopic (exact) mass is 250 g/mol. The van der Waals surface area contributed by atoms with Gasteiger partial charge in [0.05, 0.1) is 23.9 Å². The lowest BCUT2D eigenvalue weighted by molar-refractivity contribution is -0.109. The summed E-state index contributed by atoms with van der Waals surface area (Å²) >= 11 is 0. The Hall–Kier alpha value is -2.42. The molecule has 3 nitrogen and oxygen atoms in total. The Labute approximate surface area is 112 Å². The molecule has 0 saturated heterocycles. The number of carbonyl (C=O) groups is 1. The largest absolute Gasteiger partial charge is 0.303 e. The molecule has 0 N–H and O–H groups in total. The van der Waals surface area contributed by atoms with Gasteiger partial charge in [0.25, 0.3) is 0 Å². The quantitative estimate of drug-likeness (QED) is 0.785. The van der Waals surface area contributed by atoms with E-state index in [-0.39, 0.29) is 5.92 Å². The second-order valence-corrected chi connectivity index (χ2v) is 4.51. The van der Waals surface area contributed by atoms with Crippen LogP contribution in [0.4, 0.5) is 5.69 Å². The van der Waals surface area contributed by atoms with Gasteiger partial charge in [0, 0.05) is 0 Å². The third-order valence-corrected chi connectivity index (χ3v) is 3.24. The van der Waals surface area contributed by atoms with E-state index in [1.54, 1.807) is 0 Å². The molecule has 19 heavy (non-hydrogen) atoms. The first-order chi connectivity index (χ1) is 9.38. The number of hydrogen-bond acceptors (Lipinski definition) is 3. The Morgan fingerprint density at radius 3 is 2.26 bits per heavy atom. The van der Waals surface area contributed by atoms with E-state index >= 15 is 0 Å². The molecular weight excluding hydrogens is 236 g/mol. The van der Waals surface area contributed by atoms with Gasteiger partial charge in [-0.25, -0.2) is 0 Å². The SMILES string of the molecule is O=CC1CN(c2ccccc2)N=C1c1ccccc1. The molecule has 3 heteroatoms. The number of carbonyl (C=O) groups excluding carboxylic acids is 1. The molecule has 3 rings (SSSR count). The molecule has 1 heterocycles. The molecule has 1 atom stereocenters. The van der Waals surface area contributed by atoms with Crippen molar-refractivity contribution in [2.24, 2.45) is 11.0 Å². The average Bonchev–Trinajstić information content (AvgIpc) is 2.93. The van der Waals surface area contributed by atoms with E-state index in [0.717, 1.165) is 23.2 Å². The summed E-state index contributed by atoms with van der Waals surface area (Å²) in [6.45, 7) is 0.609. The lowest BCUT2D eigenvalue weighted by Gasteiger charge is -2.13. The molecule has 0 bridgehead atoms. The zero-order valence-corrected chi connectivity index (χ0v) is 10.4. The van der Waals surface area contributed by atoms with E-state index < -0.39 is 0 Å². The van der Waals surface area contributed by atoms with Crippen molar-refractivity contribution in [1.29, 1.82) is 0 Å². The summed E-state index contributed by atoms with van der Waals surface area (Å²) in [6.07, 6.45) is 0.981. The summed E-state index contributed by atoms with van der Waals surface area (Å²) in [5.74, 6) is -0.164. The molecule has 0 amide bonds. The minimum absolute atomic E-state index is 0.164. The van der Waals surface area contributed by atoms with Crippen LogP contribution < -0.4 is 5.01 Å². The zero-order chi connectivity index (χ0) is 13.1. The average molecular weight is 250 g/mol. The van der Waals surface area contributed by atoms with E-state index in [1.807, 2.05) is 65.7 Å². The highest BCUT2D eigenvalue weighted by molar-refractivity contribution is 6.11. The summed E-state index contributed by atoms with van der Waals surface area (Å²) in [4.78, 5) is 11.3. The Balaban J connectivity index is 1.96. The minimum atomic E-state index is -0.164. The highest BCUT2D eigenvalue weighted by Crippen LogP contribution is 2.24. The number of para-hydroxylation sites is 1. The van der Waals surface area contributed by atoms with Crippen LogP contribution in [-0.4, -0.2) is 18.5 Å². The van der Waals surface area contributed by atoms with Crippen LogP contribution in [0.3, 0.4) is 0 Å². The zero-order valence-electron chi connectivity index (χ0n) is 10.4. The van der Waals surface area contributed by atoms with Gasteiger partial charge in [0.1, 0.15) is 6.29 Å². The maximum Gasteiger partial charge on any atom is 0.130 e. The number of rotatable bonds is 3. The van der Waals surface area contributed by atoms with Gasteiger partial charge >= 0.3 is 0 Å². The van der Waals surface area contributed by atoms with E-state index in [0.29, 0.717) is 6.54 Å². The van der Waals surface area contributed by atoms with Crippen LogP contribution in [0.15, 0.2) is 65.8 Å². The number of aldehydes is 1. The first-order valence-corrected chi connectivity index (χ1v) is 6.30. The van der Waals surface area contributed by atoms with Gasteiger partial charge in [-0.2, -0.15) is 5.10 Å². The number of hydrogen-bond donors (Lipinski definition) is 0. The van der Waals surface area contributed by atoms with Gasteiger partial charge < -0.3 is 4.79 Å². The molecular formula is C16H14N2O. The van der Waals surface area contributed by atoms with Crippen molar-refractivity contribution < 1.29 is 4.79 Å². The third kappa shape index (κ3) is 2.27. The van der Waals surface area contributed by atoms with E-state index in [9.17, 15) is 4.79 Å². The molecule has 0 aromatic heterocycles. The van der Waals surface area contributed by atoms with Crippen molar-refractivity contribution in [2.75, 3.05) is 11.6 Å². The van der Waals surface area contributed by atoms with E-state index in [1.165, 1.54) is 0 Å². The van der Waals surface area contributed by atoms with Crippen molar-refractivity contribution >= 4 is 17.7 Å². The lowest BCUT2D eigenvalue weighted by Crippen LogP contribution is -2.20. The molecule has 1 unspecified atom stereocenters. The van der Waals surface area contributed by atoms with Gasteiger partial charge in [0.2, 0.25) is 0 Å². The molecule has 94 valence electrons. The fourth-order valence-corrected chi connectivity index (χ4v) is 2.27. The van der Waals surface area contributed by atoms with Gasteiger partial charge in [-0.1, -0.05) is 48.5 Å². The number of anilines is 1. The Morgan fingerprint density at radius 1 is 1.00 bits per heavy atom. The summed E-state index contributed by atoms with van der Waals surface area (Å²) < 4.78 is 0. The summed E-state index contributed by atoms with van der Waals surface area (Å²) in [7, 11) is 0. The predicted molar refractivity (Wildman–Crippen MR) is 76.3 cm³/mol. The second kappa shape index (κ2) is 5.06. The maximum atomic E-state index is 11.3. The van der Waals surface area contributed by atoms with Crippen LogP contribution in [-0.2, 0) is 4.79 Å². The van der Waals surface area contributed by atoms with E-state index in [4.69, 9.17) is 0 Å². The third-order valence-electron chi connectivity index (χ3n) is 3.24. The Bertz CT molecular complexity index is 593. The van der Waals surface area contributed by atoms with Crippen molar-refractivity contribution in [1.82, 2.24) is 0 Å². The molecule has 0 spiro atoms. The number of hydrazone groups is 1. The predicted octanol–water partition coefficient (Wildman–Crippen LogP) is 2.73. The normalized spacial score (nSPS) is 18.2. The highest BCUT2D eigenvalue weighted by Gasteiger charge is 2.27. The van der Waals surface area contributed by atoms with Crippen molar-refractivity contribution in [3.8, 4) is 0 Å². The molecule has 0 radical (unpaired) electrons. The summed E-state index contributed by atoms with van der Waals surface area (Å²) in [5.41, 5.74) is 2.87. The summed E-state index contributed by atoms with van der Waals surface area (Å²) in [5, 5.41) is 6.49. The van der Waals surface area contributed by atoms with Crippen LogP contribution in [0, 0.1) is 5.92 Å². The van der Waals surface area contributed by atoms with Crippen LogP contribution in [0.1, 0.15) is 5.56 Å². The lowest BCUT2D eigenvalue weighted by atomic mass is 9.99. The Kier molecular flexibility index (Phi) is 3.11. The maximum absolute atomic E-state index is 11.3. The highest BCUT2D eigenvalue weighted by atomic mass is 16.1. The second-order valence-electron chi connectivity index (χ2n) is 4.51. The van der Waals surface area contributed by atoms with Crippen LogP contribution in [0.2, 0.25) is 0 Å². The number of benzene rings is 2. The van der Waals surface area contributed by atoms with Crippen molar-refractivity contribution in [3.63, 3.8) is 0 Å². The fraction of sp³-hybridized carbons (Fsp3) is 0.125. The minimum Gasteiger partial charge on any atom is -0.303 e. The molecule has 0 fully saturated rings. The fourth-order valence-electron chi connectivity index (χ4n) is 2.27. The topological polar surface area (TPSA) is 32.7 Å². The van der Waals surface area contributed by atoms with Gasteiger partial charge in [0.15, 0.2) is 0 Å². The molecule has 0 aliphatic carbocycles.